The second-order valence-electron chi connectivity index (χ2n) is 7.69. The van der Waals surface area contributed by atoms with Crippen molar-refractivity contribution in [1.82, 2.24) is 4.57 Å². The van der Waals surface area contributed by atoms with Crippen molar-refractivity contribution in [3.8, 4) is 0 Å². The third-order valence-corrected chi connectivity index (χ3v) is 5.07. The lowest BCUT2D eigenvalue weighted by atomic mass is 10.1. The van der Waals surface area contributed by atoms with E-state index in [4.69, 9.17) is 0 Å². The molecule has 140 valence electrons. The molecule has 0 unspecified atom stereocenters. The second kappa shape index (κ2) is 13.5. The van der Waals surface area contributed by atoms with Gasteiger partial charge < -0.3 is 0 Å². The number of unbranched alkanes of at least 4 members (excludes halogenated alkanes) is 10. The molecule has 0 atom stereocenters. The highest BCUT2D eigenvalue weighted by molar-refractivity contribution is 4.86. The molecule has 0 saturated heterocycles. The smallest absolute Gasteiger partial charge is 0.234 e. The van der Waals surface area contributed by atoms with E-state index in [1.165, 1.54) is 95.8 Å². The average molecular weight is 336 g/mol. The molecular weight excluding hydrogens is 292 g/mol. The molecule has 0 bridgehead atoms. The summed E-state index contributed by atoms with van der Waals surface area (Å²) in [5.41, 5.74) is 0. The Bertz CT molecular complexity index is 406. The van der Waals surface area contributed by atoms with E-state index in [9.17, 15) is 0 Å². The summed E-state index contributed by atoms with van der Waals surface area (Å²) in [5, 5.41) is 0. The van der Waals surface area contributed by atoms with E-state index in [1.54, 1.807) is 0 Å². The lowest BCUT2D eigenvalue weighted by Gasteiger charge is -2.07. The van der Waals surface area contributed by atoms with Crippen LogP contribution in [0.5, 0.6) is 0 Å². The predicted octanol–water partition coefficient (Wildman–Crippen LogP) is 6.62. The number of hydrogen-bond donors (Lipinski definition) is 0. The van der Waals surface area contributed by atoms with E-state index in [0.29, 0.717) is 6.04 Å². The molecule has 1 aromatic heterocycles. The Morgan fingerprint density at radius 3 is 1.83 bits per heavy atom. The van der Waals surface area contributed by atoms with Crippen LogP contribution in [0.4, 0.5) is 0 Å². The predicted molar refractivity (Wildman–Crippen MR) is 105 cm³/mol. The Hall–Kier alpha value is -0.790. The lowest BCUT2D eigenvalue weighted by Crippen LogP contribution is -2.37. The SMILES string of the molecule is CCCCCCCCCCCCC[n+]1ccn(C(C)C)c1CCC. The Morgan fingerprint density at radius 1 is 0.792 bits per heavy atom. The maximum atomic E-state index is 2.50. The van der Waals surface area contributed by atoms with Crippen LogP contribution in [0.1, 0.15) is 117 Å². The molecule has 0 saturated carbocycles. The van der Waals surface area contributed by atoms with Gasteiger partial charge in [-0.15, -0.1) is 0 Å². The van der Waals surface area contributed by atoms with Crippen molar-refractivity contribution < 1.29 is 4.57 Å². The number of hydrogen-bond acceptors (Lipinski definition) is 0. The minimum atomic E-state index is 0.574. The maximum Gasteiger partial charge on any atom is 0.256 e. The number of aryl methyl sites for hydroxylation is 1. The molecule has 0 N–H and O–H groups in total. The molecule has 1 rings (SSSR count). The summed E-state index contributed by atoms with van der Waals surface area (Å²) < 4.78 is 4.94. The van der Waals surface area contributed by atoms with Crippen LogP contribution in [-0.2, 0) is 13.0 Å². The van der Waals surface area contributed by atoms with Gasteiger partial charge in [0, 0.05) is 6.42 Å². The van der Waals surface area contributed by atoms with Gasteiger partial charge in [0.05, 0.1) is 12.6 Å². The van der Waals surface area contributed by atoms with Crippen LogP contribution in [0.15, 0.2) is 12.4 Å². The van der Waals surface area contributed by atoms with Crippen molar-refractivity contribution in [2.75, 3.05) is 0 Å². The topological polar surface area (TPSA) is 8.81 Å². The summed E-state index contributed by atoms with van der Waals surface area (Å²) in [5.74, 6) is 1.51. The van der Waals surface area contributed by atoms with Crippen molar-refractivity contribution in [1.29, 1.82) is 0 Å². The average Bonchev–Trinajstić information content (AvgIpc) is 2.96. The van der Waals surface area contributed by atoms with Crippen LogP contribution >= 0.6 is 0 Å². The Morgan fingerprint density at radius 2 is 1.33 bits per heavy atom. The molecule has 2 heteroatoms. The number of imidazole rings is 1. The van der Waals surface area contributed by atoms with E-state index in [0.717, 1.165) is 0 Å². The summed E-state index contributed by atoms with van der Waals surface area (Å²) in [6.07, 6.45) is 22.6. The van der Waals surface area contributed by atoms with Gasteiger partial charge in [-0.2, -0.15) is 0 Å². The minimum Gasteiger partial charge on any atom is -0.234 e. The van der Waals surface area contributed by atoms with Crippen molar-refractivity contribution >= 4 is 0 Å². The lowest BCUT2D eigenvalue weighted by molar-refractivity contribution is -0.704. The van der Waals surface area contributed by atoms with Gasteiger partial charge in [0.25, 0.3) is 5.82 Å². The minimum absolute atomic E-state index is 0.574. The maximum absolute atomic E-state index is 2.50. The first-order valence-corrected chi connectivity index (χ1v) is 10.8. The molecule has 0 aliphatic carbocycles. The van der Waals surface area contributed by atoms with Gasteiger partial charge in [-0.25, -0.2) is 9.13 Å². The van der Waals surface area contributed by atoms with Crippen LogP contribution < -0.4 is 4.57 Å². The molecule has 0 aliphatic rings. The van der Waals surface area contributed by atoms with E-state index < -0.39 is 0 Å². The van der Waals surface area contributed by atoms with Crippen molar-refractivity contribution in [2.45, 2.75) is 124 Å². The molecule has 1 heterocycles. The standard InChI is InChI=1S/C22H43N2/c1-5-7-8-9-10-11-12-13-14-15-16-18-23-19-20-24(21(3)4)22(23)17-6-2/h19-21H,5-18H2,1-4H3/q+1. The highest BCUT2D eigenvalue weighted by Gasteiger charge is 2.17. The third-order valence-electron chi connectivity index (χ3n) is 5.07. The zero-order valence-electron chi connectivity index (χ0n) is 17.0. The first-order chi connectivity index (χ1) is 11.7. The van der Waals surface area contributed by atoms with Gasteiger partial charge in [0.1, 0.15) is 12.4 Å². The molecule has 0 radical (unpaired) electrons. The van der Waals surface area contributed by atoms with Gasteiger partial charge >= 0.3 is 0 Å². The van der Waals surface area contributed by atoms with Crippen LogP contribution in [-0.4, -0.2) is 4.57 Å². The van der Waals surface area contributed by atoms with Gasteiger partial charge in [-0.3, -0.25) is 0 Å². The van der Waals surface area contributed by atoms with E-state index in [1.807, 2.05) is 0 Å². The zero-order valence-corrected chi connectivity index (χ0v) is 17.0. The molecule has 0 aromatic carbocycles. The normalized spacial score (nSPS) is 11.5. The first-order valence-electron chi connectivity index (χ1n) is 10.8. The highest BCUT2D eigenvalue weighted by Crippen LogP contribution is 2.12. The zero-order chi connectivity index (χ0) is 17.6. The summed E-state index contributed by atoms with van der Waals surface area (Å²) in [6.45, 7) is 10.3. The fraction of sp³-hybridized carbons (Fsp3) is 0.864. The van der Waals surface area contributed by atoms with Crippen LogP contribution in [0.25, 0.3) is 0 Å². The molecule has 0 fully saturated rings. The van der Waals surface area contributed by atoms with Gasteiger partial charge in [0.2, 0.25) is 0 Å². The van der Waals surface area contributed by atoms with Gasteiger partial charge in [0.15, 0.2) is 0 Å². The number of rotatable bonds is 15. The fourth-order valence-electron chi connectivity index (χ4n) is 3.59. The quantitative estimate of drug-likeness (QED) is 0.251. The van der Waals surface area contributed by atoms with Crippen LogP contribution in [0.3, 0.4) is 0 Å². The van der Waals surface area contributed by atoms with Crippen LogP contribution in [0, 0.1) is 0 Å². The van der Waals surface area contributed by atoms with Gasteiger partial charge in [-0.1, -0.05) is 71.6 Å². The Kier molecular flexibility index (Phi) is 12.0. The summed E-state index contributed by atoms with van der Waals surface area (Å²) in [7, 11) is 0. The molecule has 1 aromatic rings. The van der Waals surface area contributed by atoms with E-state index >= 15 is 0 Å². The number of nitrogens with zero attached hydrogens (tertiary/aromatic N) is 2. The summed E-state index contributed by atoms with van der Waals surface area (Å²) in [6, 6.07) is 0.574. The Labute approximate surface area is 151 Å². The fourth-order valence-corrected chi connectivity index (χ4v) is 3.59. The second-order valence-corrected chi connectivity index (χ2v) is 7.69. The molecule has 0 amide bonds. The highest BCUT2D eigenvalue weighted by atomic mass is 15.2. The molecule has 24 heavy (non-hydrogen) atoms. The monoisotopic (exact) mass is 335 g/mol. The molecule has 0 aliphatic heterocycles. The van der Waals surface area contributed by atoms with Crippen molar-refractivity contribution in [3.63, 3.8) is 0 Å². The van der Waals surface area contributed by atoms with Crippen molar-refractivity contribution in [3.05, 3.63) is 18.2 Å². The summed E-state index contributed by atoms with van der Waals surface area (Å²) in [4.78, 5) is 0. The van der Waals surface area contributed by atoms with E-state index in [2.05, 4.69) is 49.2 Å². The molecule has 2 nitrogen and oxygen atoms in total. The van der Waals surface area contributed by atoms with Crippen molar-refractivity contribution in [2.24, 2.45) is 0 Å². The van der Waals surface area contributed by atoms with Gasteiger partial charge in [-0.05, 0) is 33.1 Å². The summed E-state index contributed by atoms with van der Waals surface area (Å²) >= 11 is 0. The largest absolute Gasteiger partial charge is 0.256 e. The first kappa shape index (κ1) is 21.3. The Balaban J connectivity index is 2.11. The van der Waals surface area contributed by atoms with Crippen LogP contribution in [0.2, 0.25) is 0 Å². The molecular formula is C22H43N2+. The third kappa shape index (κ3) is 8.35. The van der Waals surface area contributed by atoms with E-state index in [-0.39, 0.29) is 0 Å². The number of aromatic nitrogens is 2. The molecule has 0 spiro atoms.